The number of nitrogens with zero attached hydrogens (tertiary/aromatic N) is 5. The number of anilines is 3. The van der Waals surface area contributed by atoms with Gasteiger partial charge in [-0.05, 0) is 89.5 Å². The molecule has 9 aromatic rings. The number of hydrogen-bond donors (Lipinski definition) is 7. The molecule has 0 saturated carbocycles. The largest absolute Gasteiger partial charge is 0.384 e. The van der Waals surface area contributed by atoms with Crippen LogP contribution in [-0.2, 0) is 24.0 Å². The minimum atomic E-state index is -0.499. The van der Waals surface area contributed by atoms with Crippen LogP contribution in [0.25, 0.3) is 0 Å². The van der Waals surface area contributed by atoms with Crippen LogP contribution < -0.4 is 27.4 Å². The monoisotopic (exact) mass is 1510 g/mol. The highest BCUT2D eigenvalue weighted by Crippen LogP contribution is 2.32. The minimum Gasteiger partial charge on any atom is -0.384 e. The fraction of sp³-hybridized carbons (Fsp3) is 0.118. The van der Waals surface area contributed by atoms with Crippen LogP contribution >= 0.6 is 109 Å². The van der Waals surface area contributed by atoms with E-state index in [1.165, 1.54) is 42.9 Å². The number of carbonyl (C=O) groups excluding carboxylic acids is 6. The van der Waals surface area contributed by atoms with Crippen molar-refractivity contribution in [1.82, 2.24) is 19.9 Å². The zero-order valence-corrected chi connectivity index (χ0v) is 57.8. The molecule has 1 aliphatic heterocycles. The first-order valence-electron chi connectivity index (χ1n) is 28.5. The molecule has 96 heavy (non-hydrogen) atoms. The number of nitrogen functional groups attached to an aromatic ring is 1. The van der Waals surface area contributed by atoms with Crippen molar-refractivity contribution < 1.29 is 33.5 Å². The normalized spacial score (nSPS) is 11.8. The van der Waals surface area contributed by atoms with E-state index in [9.17, 15) is 28.8 Å². The predicted octanol–water partition coefficient (Wildman–Crippen LogP) is 15.5. The van der Waals surface area contributed by atoms with Gasteiger partial charge in [0, 0.05) is 138 Å². The van der Waals surface area contributed by atoms with E-state index in [0.717, 1.165) is 0 Å². The number of ketones is 3. The second kappa shape index (κ2) is 34.3. The molecule has 0 unspecified atom stereocenters. The Labute approximate surface area is 598 Å². The number of nitrogens with one attached hydrogen (secondary N) is 5. The van der Waals surface area contributed by atoms with Crippen molar-refractivity contribution in [3.63, 3.8) is 0 Å². The van der Waals surface area contributed by atoms with E-state index in [-0.39, 0.29) is 84.3 Å². The first-order chi connectivity index (χ1) is 45.8. The molecule has 0 aliphatic carbocycles. The lowest BCUT2D eigenvalue weighted by atomic mass is 9.97. The number of amides is 3. The SMILES string of the molecule is CN=C(N)c1ccc(C(=O)Cc2c(Cl)cc(Cl)cc2C(=O)Nc2ccc(Cl)cn2)cc1.N=C(N)c1ccc(C(=O)Cc2c(Cl)cc(Br)cc2C(=O)Nc2ccc(Cl)cn2)cc1.N=C(c1ccc(C(=O)Cc2c(Cl)cc(Cl)cc2C(=O)Nc2ccc(Cl)cn2)cc1)N1CCOCC1. The lowest BCUT2D eigenvalue weighted by Crippen LogP contribution is -2.40. The molecule has 1 aliphatic rings. The van der Waals surface area contributed by atoms with E-state index >= 15 is 0 Å². The van der Waals surface area contributed by atoms with Gasteiger partial charge in [-0.2, -0.15) is 0 Å². The molecule has 490 valence electrons. The van der Waals surface area contributed by atoms with Gasteiger partial charge in [-0.25, -0.2) is 15.0 Å². The molecule has 6 aromatic carbocycles. The van der Waals surface area contributed by atoms with E-state index in [0.29, 0.717) is 125 Å². The molecule has 0 spiro atoms. The van der Waals surface area contributed by atoms with E-state index in [4.69, 9.17) is 120 Å². The van der Waals surface area contributed by atoms with Crippen LogP contribution in [0.1, 0.15) is 95.5 Å². The maximum absolute atomic E-state index is 13.1. The summed E-state index contributed by atoms with van der Waals surface area (Å²) in [5.41, 5.74) is 16.2. The topological polar surface area (TPSA) is 302 Å². The molecular formula is C68H53BrCl8N12O7. The van der Waals surface area contributed by atoms with Crippen molar-refractivity contribution in [3.05, 3.63) is 276 Å². The van der Waals surface area contributed by atoms with E-state index < -0.39 is 17.7 Å². The summed E-state index contributed by atoms with van der Waals surface area (Å²) in [6, 6.07) is 38.5. The molecule has 1 fully saturated rings. The average molecular weight is 1510 g/mol. The predicted molar refractivity (Wildman–Crippen MR) is 384 cm³/mol. The number of ether oxygens (including phenoxy) is 1. The molecule has 19 nitrogen and oxygen atoms in total. The summed E-state index contributed by atoms with van der Waals surface area (Å²) in [6.45, 7) is 2.49. The van der Waals surface area contributed by atoms with E-state index in [2.05, 4.69) is 51.8 Å². The Morgan fingerprint density at radius 3 is 1.15 bits per heavy atom. The summed E-state index contributed by atoms with van der Waals surface area (Å²) in [5.74, 6) is -0.533. The van der Waals surface area contributed by atoms with Crippen LogP contribution in [-0.4, -0.2) is 106 Å². The number of morpholine rings is 1. The maximum atomic E-state index is 13.1. The molecule has 1 saturated heterocycles. The van der Waals surface area contributed by atoms with Gasteiger partial charge >= 0.3 is 0 Å². The van der Waals surface area contributed by atoms with Crippen molar-refractivity contribution in [1.29, 1.82) is 10.8 Å². The zero-order valence-electron chi connectivity index (χ0n) is 50.2. The fourth-order valence-corrected chi connectivity index (χ4v) is 11.6. The van der Waals surface area contributed by atoms with E-state index in [1.54, 1.807) is 128 Å². The summed E-state index contributed by atoms with van der Waals surface area (Å²) in [7, 11) is 1.59. The van der Waals surface area contributed by atoms with Gasteiger partial charge in [0.1, 0.15) is 35.0 Å². The fourth-order valence-electron chi connectivity index (χ4n) is 9.22. The highest BCUT2D eigenvalue weighted by atomic mass is 79.9. The van der Waals surface area contributed by atoms with Crippen LogP contribution in [0.2, 0.25) is 40.2 Å². The van der Waals surface area contributed by atoms with Gasteiger partial charge in [0.05, 0.1) is 28.3 Å². The Bertz CT molecular complexity index is 4450. The lowest BCUT2D eigenvalue weighted by molar-refractivity contribution is 0.0680. The van der Waals surface area contributed by atoms with Crippen LogP contribution in [0.3, 0.4) is 0 Å². The molecule has 0 radical (unpaired) electrons. The number of Topliss-reactive ketones (excluding diaryl/α,β-unsaturated/α-hetero) is 3. The number of benzene rings is 6. The third kappa shape index (κ3) is 20.2. The number of carbonyl (C=O) groups is 6. The molecule has 3 aromatic heterocycles. The molecule has 0 bridgehead atoms. The molecule has 3 amide bonds. The van der Waals surface area contributed by atoms with Gasteiger partial charge in [0.25, 0.3) is 17.7 Å². The highest BCUT2D eigenvalue weighted by molar-refractivity contribution is 9.10. The van der Waals surface area contributed by atoms with Gasteiger partial charge in [0.15, 0.2) is 17.3 Å². The van der Waals surface area contributed by atoms with Crippen LogP contribution in [0.4, 0.5) is 17.5 Å². The molecule has 10 rings (SSSR count). The summed E-state index contributed by atoms with van der Waals surface area (Å²) >= 11 is 52.1. The third-order valence-electron chi connectivity index (χ3n) is 14.2. The minimum absolute atomic E-state index is 0.0810. The standard InChI is InChI=1S/C25H21Cl3N4O3.C22H17Cl3N4O2.C21H15BrCl2N4O2/c26-17-5-6-23(30-14-17)31-25(34)20-11-18(27)12-21(28)19(20)13-22(33)15-1-3-16(4-2-15)24(29)32-7-9-35-10-8-32;1-27-21(26)13-4-2-12(3-5-13)19(30)10-16-17(8-15(24)9-18(16)25)22(31)29-20-7-6-14(23)11-28-20;22-13-7-16(21(30)28-19-6-5-14(23)10-27-19)15(17(24)8-13)9-18(29)11-1-3-12(4-2-11)20(25)26/h1-6,11-12,14,29H,7-10,13H2,(H,30,31,34);2-9,11H,10H2,1H3,(H2,26,27)(H,28,29,31);1-8,10H,9H2,(H3,25,26)(H,27,28,30). The Hall–Kier alpha value is -8.64. The molecule has 0 atom stereocenters. The second-order valence-electron chi connectivity index (χ2n) is 20.7. The summed E-state index contributed by atoms with van der Waals surface area (Å²) < 4.78 is 5.94. The van der Waals surface area contributed by atoms with Crippen LogP contribution in [0.15, 0.2) is 174 Å². The third-order valence-corrected chi connectivity index (χ3v) is 16.8. The number of amidine groups is 3. The molecule has 9 N–H and O–H groups in total. The van der Waals surface area contributed by atoms with Gasteiger partial charge in [-0.3, -0.25) is 44.6 Å². The van der Waals surface area contributed by atoms with Gasteiger partial charge < -0.3 is 37.1 Å². The van der Waals surface area contributed by atoms with Crippen molar-refractivity contribution in [2.24, 2.45) is 16.5 Å². The first-order valence-corrected chi connectivity index (χ1v) is 32.3. The number of hydrogen-bond acceptors (Lipinski definition) is 13. The van der Waals surface area contributed by atoms with Gasteiger partial charge in [-0.1, -0.05) is 182 Å². The smallest absolute Gasteiger partial charge is 0.257 e. The maximum Gasteiger partial charge on any atom is 0.257 e. The quantitative estimate of drug-likeness (QED) is 0.0239. The van der Waals surface area contributed by atoms with Crippen molar-refractivity contribution in [3.8, 4) is 0 Å². The van der Waals surface area contributed by atoms with Crippen LogP contribution in [0.5, 0.6) is 0 Å². The Kier molecular flexibility index (Phi) is 26.2. The number of halogens is 9. The Balaban J connectivity index is 0.000000185. The second-order valence-corrected chi connectivity index (χ2v) is 25.0. The molecule has 4 heterocycles. The van der Waals surface area contributed by atoms with Crippen LogP contribution in [0, 0.1) is 10.8 Å². The van der Waals surface area contributed by atoms with Crippen molar-refractivity contribution >= 4 is 179 Å². The summed E-state index contributed by atoms with van der Waals surface area (Å²) in [6.07, 6.45) is 3.96. The Morgan fingerprint density at radius 1 is 0.469 bits per heavy atom. The number of pyridine rings is 3. The summed E-state index contributed by atoms with van der Waals surface area (Å²) in [5, 5.41) is 26.4. The first kappa shape index (κ1) is 73.2. The van der Waals surface area contributed by atoms with Gasteiger partial charge in [-0.15, -0.1) is 0 Å². The van der Waals surface area contributed by atoms with Gasteiger partial charge in [0.2, 0.25) is 0 Å². The average Bonchev–Trinajstić information content (AvgIpc) is 0.836. The lowest BCUT2D eigenvalue weighted by Gasteiger charge is -2.29. The van der Waals surface area contributed by atoms with E-state index in [1.807, 2.05) is 4.90 Å². The number of rotatable bonds is 18. The number of aliphatic imine (C=N–C) groups is 1. The molecular weight excluding hydrogens is 1460 g/mol. The Morgan fingerprint density at radius 2 is 0.802 bits per heavy atom. The zero-order chi connectivity index (χ0) is 69.3. The number of aromatic nitrogens is 3. The van der Waals surface area contributed by atoms with Crippen molar-refractivity contribution in [2.75, 3.05) is 49.3 Å². The highest BCUT2D eigenvalue weighted by Gasteiger charge is 2.24. The van der Waals surface area contributed by atoms with Crippen molar-refractivity contribution in [2.45, 2.75) is 19.3 Å². The summed E-state index contributed by atoms with van der Waals surface area (Å²) in [4.78, 5) is 95.4. The molecule has 28 heteroatoms. The number of nitrogens with two attached hydrogens (primary N) is 2.